The summed E-state index contributed by atoms with van der Waals surface area (Å²) in [5.41, 5.74) is 0.716. The Labute approximate surface area is 82.5 Å². The summed E-state index contributed by atoms with van der Waals surface area (Å²) in [5, 5.41) is 0. The number of hydrogen-bond acceptors (Lipinski definition) is 4. The number of nitrogens with zero attached hydrogens (tertiary/aromatic N) is 2. The van der Waals surface area contributed by atoms with Crippen LogP contribution in [0.25, 0.3) is 0 Å². The summed E-state index contributed by atoms with van der Waals surface area (Å²) in [6.45, 7) is 6.37. The molecule has 13 heavy (non-hydrogen) atoms. The lowest BCUT2D eigenvalue weighted by molar-refractivity contribution is 0.0962. The number of rotatable bonds is 3. The van der Waals surface area contributed by atoms with Crippen molar-refractivity contribution in [1.82, 2.24) is 8.75 Å². The van der Waals surface area contributed by atoms with E-state index in [1.807, 2.05) is 0 Å². The van der Waals surface area contributed by atoms with E-state index in [4.69, 9.17) is 0 Å². The van der Waals surface area contributed by atoms with Gasteiger partial charge in [0.2, 0.25) is 0 Å². The van der Waals surface area contributed by atoms with E-state index in [0.29, 0.717) is 12.1 Å². The molecule has 0 saturated carbocycles. The molecule has 0 amide bonds. The lowest BCUT2D eigenvalue weighted by atomic mass is 9.89. The Morgan fingerprint density at radius 2 is 2.23 bits per heavy atom. The summed E-state index contributed by atoms with van der Waals surface area (Å²) in [5.74, 6) is 0.101. The first-order chi connectivity index (χ1) is 5.99. The molecule has 0 unspecified atom stereocenters. The van der Waals surface area contributed by atoms with E-state index in [-0.39, 0.29) is 11.2 Å². The Morgan fingerprint density at radius 3 is 2.69 bits per heavy atom. The first kappa shape index (κ1) is 10.3. The monoisotopic (exact) mass is 198 g/mol. The first-order valence-corrected chi connectivity index (χ1v) is 5.03. The molecule has 0 aliphatic carbocycles. The van der Waals surface area contributed by atoms with Gasteiger partial charge in [0.15, 0.2) is 5.78 Å². The van der Waals surface area contributed by atoms with E-state index < -0.39 is 0 Å². The Balaban J connectivity index is 2.44. The molecule has 0 radical (unpaired) electrons. The van der Waals surface area contributed by atoms with Crippen molar-refractivity contribution in [1.29, 1.82) is 0 Å². The molecule has 1 aromatic rings. The van der Waals surface area contributed by atoms with Crippen molar-refractivity contribution < 1.29 is 4.79 Å². The molecule has 72 valence electrons. The maximum absolute atomic E-state index is 11.5. The van der Waals surface area contributed by atoms with Crippen LogP contribution < -0.4 is 0 Å². The first-order valence-electron chi connectivity index (χ1n) is 4.30. The number of carbonyl (C=O) groups excluding carboxylic acids is 1. The molecule has 0 aliphatic heterocycles. The van der Waals surface area contributed by atoms with Gasteiger partial charge in [0.25, 0.3) is 0 Å². The van der Waals surface area contributed by atoms with Crippen LogP contribution in [0.5, 0.6) is 0 Å². The zero-order valence-electron chi connectivity index (χ0n) is 8.20. The van der Waals surface area contributed by atoms with Crippen LogP contribution >= 0.6 is 11.7 Å². The highest BCUT2D eigenvalue weighted by molar-refractivity contribution is 6.99. The maximum atomic E-state index is 11.5. The molecule has 0 N–H and O–H groups in total. The van der Waals surface area contributed by atoms with Gasteiger partial charge < -0.3 is 0 Å². The molecular weight excluding hydrogens is 184 g/mol. The Morgan fingerprint density at radius 1 is 1.54 bits per heavy atom. The standard InChI is InChI=1S/C9H14N2OS/c1-9(2,3)5-4-8(12)7-6-10-13-11-7/h6H,4-5H2,1-3H3. The fourth-order valence-electron chi connectivity index (χ4n) is 0.904. The summed E-state index contributed by atoms with van der Waals surface area (Å²) >= 11 is 1.08. The third-order valence-electron chi connectivity index (χ3n) is 1.75. The van der Waals surface area contributed by atoms with E-state index in [2.05, 4.69) is 29.5 Å². The minimum atomic E-state index is 0.101. The van der Waals surface area contributed by atoms with E-state index in [0.717, 1.165) is 18.1 Å². The van der Waals surface area contributed by atoms with Gasteiger partial charge in [-0.15, -0.1) is 0 Å². The van der Waals surface area contributed by atoms with Crippen molar-refractivity contribution in [2.24, 2.45) is 5.41 Å². The minimum Gasteiger partial charge on any atom is -0.292 e. The number of hydrogen-bond donors (Lipinski definition) is 0. The average molecular weight is 198 g/mol. The second kappa shape index (κ2) is 3.96. The molecule has 0 saturated heterocycles. The predicted molar refractivity (Wildman–Crippen MR) is 52.9 cm³/mol. The molecule has 0 bridgehead atoms. The highest BCUT2D eigenvalue weighted by Gasteiger charge is 2.15. The van der Waals surface area contributed by atoms with Crippen molar-refractivity contribution in [2.75, 3.05) is 0 Å². The molecule has 3 nitrogen and oxygen atoms in total. The van der Waals surface area contributed by atoms with Crippen LogP contribution in [0.4, 0.5) is 0 Å². The zero-order valence-corrected chi connectivity index (χ0v) is 9.02. The Hall–Kier alpha value is -0.770. The van der Waals surface area contributed by atoms with Crippen molar-refractivity contribution in [2.45, 2.75) is 33.6 Å². The number of Topliss-reactive ketones (excluding diaryl/α,β-unsaturated/α-hetero) is 1. The van der Waals surface area contributed by atoms with Gasteiger partial charge in [-0.3, -0.25) is 4.79 Å². The van der Waals surface area contributed by atoms with Gasteiger partial charge in [-0.25, -0.2) is 0 Å². The summed E-state index contributed by atoms with van der Waals surface area (Å²) in [7, 11) is 0. The van der Waals surface area contributed by atoms with E-state index in [1.54, 1.807) is 0 Å². The van der Waals surface area contributed by atoms with Crippen LogP contribution in [0.3, 0.4) is 0 Å². The summed E-state index contributed by atoms with van der Waals surface area (Å²) in [6, 6.07) is 0. The summed E-state index contributed by atoms with van der Waals surface area (Å²) < 4.78 is 7.70. The van der Waals surface area contributed by atoms with E-state index in [9.17, 15) is 4.79 Å². The molecule has 1 rings (SSSR count). The van der Waals surface area contributed by atoms with Gasteiger partial charge in [-0.1, -0.05) is 20.8 Å². The molecule has 1 aromatic heterocycles. The Kier molecular flexibility index (Phi) is 3.14. The van der Waals surface area contributed by atoms with E-state index >= 15 is 0 Å². The number of carbonyl (C=O) groups is 1. The van der Waals surface area contributed by atoms with Gasteiger partial charge in [0, 0.05) is 6.42 Å². The summed E-state index contributed by atoms with van der Waals surface area (Å²) in [6.07, 6.45) is 2.99. The molecule has 0 fully saturated rings. The van der Waals surface area contributed by atoms with Gasteiger partial charge in [-0.2, -0.15) is 8.75 Å². The second-order valence-electron chi connectivity index (χ2n) is 4.28. The quantitative estimate of drug-likeness (QED) is 0.701. The maximum Gasteiger partial charge on any atom is 0.183 e. The van der Waals surface area contributed by atoms with Crippen LogP contribution in [0, 0.1) is 5.41 Å². The van der Waals surface area contributed by atoms with Crippen LogP contribution in [-0.2, 0) is 0 Å². The van der Waals surface area contributed by atoms with Crippen LogP contribution in [0.15, 0.2) is 6.20 Å². The molecule has 0 atom stereocenters. The zero-order chi connectivity index (χ0) is 9.90. The van der Waals surface area contributed by atoms with Crippen molar-refractivity contribution in [3.8, 4) is 0 Å². The molecule has 0 spiro atoms. The fraction of sp³-hybridized carbons (Fsp3) is 0.667. The highest BCUT2D eigenvalue weighted by atomic mass is 32.1. The molecule has 0 aromatic carbocycles. The second-order valence-corrected chi connectivity index (χ2v) is 4.83. The van der Waals surface area contributed by atoms with Crippen LogP contribution in [0.2, 0.25) is 0 Å². The average Bonchev–Trinajstić information content (AvgIpc) is 2.50. The third kappa shape index (κ3) is 3.63. The molecular formula is C9H14N2OS. The lowest BCUT2D eigenvalue weighted by Crippen LogP contribution is -2.09. The molecule has 0 aliphatic rings. The van der Waals surface area contributed by atoms with Crippen molar-refractivity contribution in [3.63, 3.8) is 0 Å². The number of aromatic nitrogens is 2. The van der Waals surface area contributed by atoms with Crippen LogP contribution in [-0.4, -0.2) is 14.5 Å². The van der Waals surface area contributed by atoms with Crippen molar-refractivity contribution >= 4 is 17.5 Å². The van der Waals surface area contributed by atoms with Gasteiger partial charge in [-0.05, 0) is 11.8 Å². The number of ketones is 1. The lowest BCUT2D eigenvalue weighted by Gasteiger charge is -2.16. The van der Waals surface area contributed by atoms with Gasteiger partial charge in [0.1, 0.15) is 5.69 Å². The fourth-order valence-corrected chi connectivity index (χ4v) is 1.34. The molecule has 1 heterocycles. The summed E-state index contributed by atoms with van der Waals surface area (Å²) in [4.78, 5) is 11.5. The normalized spacial score (nSPS) is 11.6. The third-order valence-corrected chi connectivity index (χ3v) is 2.23. The minimum absolute atomic E-state index is 0.101. The topological polar surface area (TPSA) is 42.9 Å². The highest BCUT2D eigenvalue weighted by Crippen LogP contribution is 2.21. The Bertz CT molecular complexity index is 274. The largest absolute Gasteiger partial charge is 0.292 e. The van der Waals surface area contributed by atoms with Gasteiger partial charge >= 0.3 is 0 Å². The van der Waals surface area contributed by atoms with E-state index in [1.165, 1.54) is 6.20 Å². The smallest absolute Gasteiger partial charge is 0.183 e. The SMILES string of the molecule is CC(C)(C)CCC(=O)c1cnsn1. The van der Waals surface area contributed by atoms with Crippen LogP contribution in [0.1, 0.15) is 44.1 Å². The van der Waals surface area contributed by atoms with Gasteiger partial charge in [0.05, 0.1) is 17.9 Å². The molecule has 4 heteroatoms. The predicted octanol–water partition coefficient (Wildman–Crippen LogP) is 2.55. The van der Waals surface area contributed by atoms with Crippen molar-refractivity contribution in [3.05, 3.63) is 11.9 Å².